The first-order valence-corrected chi connectivity index (χ1v) is 14.6. The molecule has 0 amide bonds. The fraction of sp³-hybridized carbons (Fsp3) is 0.862. The molecule has 45 heavy (non-hydrogen) atoms. The molecule has 0 aliphatic heterocycles. The van der Waals surface area contributed by atoms with Gasteiger partial charge in [0.25, 0.3) is 0 Å². The van der Waals surface area contributed by atoms with Crippen LogP contribution in [-0.4, -0.2) is 148 Å². The SMILES string of the molecule is [CH2-]OCC(O)CCCCOCCO.[CH2-]OCC(O)CCCCOCCO.[CH2-]OCC(O)COCCCOCC(O)CO[CH2-].[Rf].[Rf]. The Morgan fingerprint density at radius 3 is 1.00 bits per heavy atom. The number of aliphatic hydroxyl groups excluding tert-OH is 6. The molecule has 4 unspecified atom stereocenters. The summed E-state index contributed by atoms with van der Waals surface area (Å²) in [6, 6.07) is 0. The molecular weight excluding hydrogens is 1110 g/mol. The largest absolute Gasteiger partial charge is 0.553 e. The average molecular weight is 1170 g/mol. The van der Waals surface area contributed by atoms with Crippen LogP contribution in [0.25, 0.3) is 0 Å². The zero-order valence-corrected chi connectivity index (χ0v) is 40.1. The molecule has 0 saturated carbocycles. The molecule has 0 heterocycles. The Labute approximate surface area is 259 Å². The molecular formula is C29H60O14Rf2-4. The summed E-state index contributed by atoms with van der Waals surface area (Å²) in [4.78, 5) is 0. The maximum absolute atomic E-state index is 9.21. The van der Waals surface area contributed by atoms with Crippen LogP contribution < -0.4 is 0 Å². The molecule has 0 radical (unpaired) electrons. The monoisotopic (exact) mass is 1170 g/mol. The van der Waals surface area contributed by atoms with Crippen LogP contribution in [0, 0.1) is 28.4 Å². The van der Waals surface area contributed by atoms with E-state index >= 15 is 0 Å². The van der Waals surface area contributed by atoms with E-state index in [0.29, 0.717) is 58.9 Å². The van der Waals surface area contributed by atoms with Crippen molar-refractivity contribution in [1.82, 2.24) is 0 Å². The van der Waals surface area contributed by atoms with Gasteiger partial charge in [0.15, 0.2) is 0 Å². The minimum Gasteiger partial charge on any atom is -0.553 e. The van der Waals surface area contributed by atoms with E-state index in [1.165, 1.54) is 0 Å². The molecule has 0 aromatic rings. The molecule has 0 spiro atoms. The molecule has 0 aromatic carbocycles. The van der Waals surface area contributed by atoms with E-state index in [9.17, 15) is 20.4 Å². The van der Waals surface area contributed by atoms with Gasteiger partial charge in [-0.25, -0.2) is 28.4 Å². The van der Waals surface area contributed by atoms with Crippen LogP contribution in [-0.2, 0) is 37.9 Å². The topological polar surface area (TPSA) is 195 Å². The summed E-state index contributed by atoms with van der Waals surface area (Å²) in [6.45, 7) is 4.49. The van der Waals surface area contributed by atoms with Crippen LogP contribution >= 0.6 is 0 Å². The summed E-state index contributed by atoms with van der Waals surface area (Å²) in [5.41, 5.74) is 0. The van der Waals surface area contributed by atoms with Crippen LogP contribution in [0.2, 0.25) is 0 Å². The molecule has 0 fully saturated rings. The Hall–Kier alpha value is -2.56. The number of rotatable bonds is 30. The standard InChI is InChI=1S/C11H22O6.2C9H19O4.2Rf/c1-14-6-10(12)8-16-4-3-5-17-9-11(13)7-15-2;2*1-12-8-9(11)4-2-3-6-13-7-5-10;;/h10-13H,1-9H2;2*9-11H,1-8H2;;/q-2;2*-1;;. The van der Waals surface area contributed by atoms with Crippen LogP contribution in [0.5, 0.6) is 0 Å². The van der Waals surface area contributed by atoms with Crippen molar-refractivity contribution in [1.29, 1.82) is 0 Å². The van der Waals surface area contributed by atoms with Gasteiger partial charge in [-0.15, -0.1) is 0 Å². The first-order chi connectivity index (χ1) is 20.8. The molecule has 0 rings (SSSR count). The third-order valence-electron chi connectivity index (χ3n) is 5.06. The smallest absolute Gasteiger partial charge is 0.0976 e. The van der Waals surface area contributed by atoms with E-state index in [1.54, 1.807) is 0 Å². The summed E-state index contributed by atoms with van der Waals surface area (Å²) in [5.74, 6) is 0. The molecule has 0 bridgehead atoms. The number of ether oxygens (including phenoxy) is 8. The molecule has 4 atom stereocenters. The fourth-order valence-corrected chi connectivity index (χ4v) is 3.01. The second-order valence-electron chi connectivity index (χ2n) is 9.27. The molecule has 0 aromatic heterocycles. The van der Waals surface area contributed by atoms with Crippen molar-refractivity contribution in [2.75, 3.05) is 92.5 Å². The van der Waals surface area contributed by atoms with Crippen LogP contribution in [0.15, 0.2) is 0 Å². The van der Waals surface area contributed by atoms with Crippen molar-refractivity contribution >= 4 is 0 Å². The Kier molecular flexibility index (Phi) is 53.0. The van der Waals surface area contributed by atoms with Gasteiger partial charge in [-0.2, -0.15) is 0 Å². The number of hydrogen-bond donors (Lipinski definition) is 6. The first-order valence-electron chi connectivity index (χ1n) is 14.6. The van der Waals surface area contributed by atoms with E-state index in [2.05, 4.69) is 47.4 Å². The van der Waals surface area contributed by atoms with Crippen LogP contribution in [0.1, 0.15) is 44.9 Å². The molecule has 16 heteroatoms. The molecule has 0 saturated heterocycles. The van der Waals surface area contributed by atoms with Gasteiger partial charge >= 0.3 is 0 Å². The number of hydrogen-bond acceptors (Lipinski definition) is 14. The van der Waals surface area contributed by atoms with Gasteiger partial charge in [0, 0.05) is 52.9 Å². The Morgan fingerprint density at radius 1 is 0.378 bits per heavy atom. The Balaban J connectivity index is -0.000000176. The summed E-state index contributed by atoms with van der Waals surface area (Å²) in [7, 11) is 12.7. The van der Waals surface area contributed by atoms with Crippen molar-refractivity contribution in [2.45, 2.75) is 69.4 Å². The second kappa shape index (κ2) is 45.9. The average Bonchev–Trinajstić information content (AvgIpc) is 2.97. The van der Waals surface area contributed by atoms with Gasteiger partial charge in [0.1, 0.15) is 0 Å². The Bertz CT molecular complexity index is 450. The normalized spacial score (nSPS) is 13.2. The third kappa shape index (κ3) is 51.3. The third-order valence-corrected chi connectivity index (χ3v) is 5.06. The molecule has 0 aliphatic rings. The summed E-state index contributed by atoms with van der Waals surface area (Å²) in [5, 5.41) is 53.6. The van der Waals surface area contributed by atoms with E-state index in [-0.39, 0.29) is 52.9 Å². The van der Waals surface area contributed by atoms with Gasteiger partial charge in [0.05, 0.1) is 64.1 Å². The summed E-state index contributed by atoms with van der Waals surface area (Å²) < 4.78 is 38.5. The zero-order chi connectivity index (χ0) is 32.8. The Morgan fingerprint density at radius 2 is 0.689 bits per heavy atom. The van der Waals surface area contributed by atoms with Crippen molar-refractivity contribution in [2.24, 2.45) is 0 Å². The van der Waals surface area contributed by atoms with E-state index in [1.807, 2.05) is 0 Å². The molecule has 14 nitrogen and oxygen atoms in total. The quantitative estimate of drug-likeness (QED) is 0.0428. The van der Waals surface area contributed by atoms with Crippen molar-refractivity contribution < 1.29 is 68.5 Å². The summed E-state index contributed by atoms with van der Waals surface area (Å²) in [6.07, 6.45) is 3.56. The van der Waals surface area contributed by atoms with E-state index in [0.717, 1.165) is 25.7 Å². The fourth-order valence-electron chi connectivity index (χ4n) is 3.01. The van der Waals surface area contributed by atoms with Gasteiger partial charge < -0.3 is 68.5 Å². The maximum Gasteiger partial charge on any atom is 0.0976 e. The van der Waals surface area contributed by atoms with Crippen molar-refractivity contribution in [3.05, 3.63) is 28.4 Å². The van der Waals surface area contributed by atoms with Crippen molar-refractivity contribution in [3.8, 4) is 0 Å². The van der Waals surface area contributed by atoms with E-state index in [4.69, 9.17) is 29.2 Å². The van der Waals surface area contributed by atoms with Gasteiger partial charge in [-0.1, -0.05) is 0 Å². The predicted octanol–water partition coefficient (Wildman–Crippen LogP) is 0.417. The van der Waals surface area contributed by atoms with Gasteiger partial charge in [-0.3, -0.25) is 0 Å². The number of unbranched alkanes of at least 4 members (excludes halogenated alkanes) is 2. The van der Waals surface area contributed by atoms with E-state index < -0.39 is 24.4 Å². The van der Waals surface area contributed by atoms with Crippen LogP contribution in [0.4, 0.5) is 0 Å². The predicted molar refractivity (Wildman–Crippen MR) is 159 cm³/mol. The first kappa shape index (κ1) is 52.0. The zero-order valence-electron chi connectivity index (χ0n) is 27.4. The molecule has 6 N–H and O–H groups in total. The number of aliphatic hydroxyl groups is 6. The maximum atomic E-state index is 9.21. The van der Waals surface area contributed by atoms with Crippen LogP contribution in [0.3, 0.4) is 0 Å². The van der Waals surface area contributed by atoms with Crippen molar-refractivity contribution in [3.63, 3.8) is 0 Å². The minimum atomic E-state index is -0.649. The molecule has 0 aliphatic carbocycles. The van der Waals surface area contributed by atoms with Gasteiger partial charge in [0.2, 0.25) is 0 Å². The summed E-state index contributed by atoms with van der Waals surface area (Å²) >= 11 is 0. The minimum absolute atomic E-state index is 0. The molecule has 268 valence electrons. The second-order valence-corrected chi connectivity index (χ2v) is 9.27. The van der Waals surface area contributed by atoms with Gasteiger partial charge in [-0.05, 0) is 44.9 Å².